The predicted molar refractivity (Wildman–Crippen MR) is 62.6 cm³/mol. The van der Waals surface area contributed by atoms with Crippen LogP contribution in [0.3, 0.4) is 0 Å². The smallest absolute Gasteiger partial charge is 0.269 e. The van der Waals surface area contributed by atoms with Gasteiger partial charge in [-0.1, -0.05) is 0 Å². The zero-order valence-electron chi connectivity index (χ0n) is 10.1. The zero-order valence-corrected chi connectivity index (χ0v) is 10.1. The lowest BCUT2D eigenvalue weighted by molar-refractivity contribution is 0.0994. The number of primary amides is 1. The average Bonchev–Trinajstić information content (AvgIpc) is 2.73. The Labute approximate surface area is 99.0 Å². The second-order valence-electron chi connectivity index (χ2n) is 4.10. The van der Waals surface area contributed by atoms with Crippen molar-refractivity contribution in [1.82, 2.24) is 19.6 Å². The van der Waals surface area contributed by atoms with Crippen LogP contribution >= 0.6 is 0 Å². The SMILES string of the molecule is Cc1cc(C)n(Cn2nc(C(N)=O)cc2C)n1. The normalized spacial score (nSPS) is 10.8. The van der Waals surface area contributed by atoms with Gasteiger partial charge in [0, 0.05) is 11.4 Å². The van der Waals surface area contributed by atoms with Gasteiger partial charge in [0.05, 0.1) is 5.69 Å². The zero-order chi connectivity index (χ0) is 12.6. The molecule has 2 heterocycles. The number of carbonyl (C=O) groups is 1. The molecule has 0 fully saturated rings. The van der Waals surface area contributed by atoms with Crippen LogP contribution in [0, 0.1) is 20.8 Å². The average molecular weight is 233 g/mol. The molecule has 0 unspecified atom stereocenters. The Hall–Kier alpha value is -2.11. The molecular weight excluding hydrogens is 218 g/mol. The van der Waals surface area contributed by atoms with Crippen LogP contribution in [0.15, 0.2) is 12.1 Å². The Kier molecular flexibility index (Phi) is 2.71. The molecule has 0 bridgehead atoms. The van der Waals surface area contributed by atoms with Gasteiger partial charge in [0.25, 0.3) is 5.91 Å². The van der Waals surface area contributed by atoms with E-state index in [1.54, 1.807) is 10.7 Å². The molecule has 0 atom stereocenters. The van der Waals surface area contributed by atoms with E-state index in [1.807, 2.05) is 31.5 Å². The van der Waals surface area contributed by atoms with Crippen molar-refractivity contribution >= 4 is 5.91 Å². The van der Waals surface area contributed by atoms with Crippen molar-refractivity contribution in [3.8, 4) is 0 Å². The van der Waals surface area contributed by atoms with Crippen molar-refractivity contribution in [2.24, 2.45) is 5.73 Å². The lowest BCUT2D eigenvalue weighted by Crippen LogP contribution is -2.16. The minimum atomic E-state index is -0.514. The number of aryl methyl sites for hydroxylation is 3. The minimum Gasteiger partial charge on any atom is -0.364 e. The molecule has 17 heavy (non-hydrogen) atoms. The number of hydrogen-bond donors (Lipinski definition) is 1. The maximum atomic E-state index is 11.0. The molecular formula is C11H15N5O. The predicted octanol–water partition coefficient (Wildman–Crippen LogP) is 0.610. The molecule has 0 aliphatic heterocycles. The van der Waals surface area contributed by atoms with Crippen molar-refractivity contribution in [2.45, 2.75) is 27.4 Å². The third-order valence-electron chi connectivity index (χ3n) is 2.60. The Morgan fingerprint density at radius 3 is 2.24 bits per heavy atom. The van der Waals surface area contributed by atoms with E-state index in [1.165, 1.54) is 0 Å². The molecule has 2 aromatic heterocycles. The van der Waals surface area contributed by atoms with Crippen LogP contribution in [-0.4, -0.2) is 25.5 Å². The lowest BCUT2D eigenvalue weighted by Gasteiger charge is -2.06. The van der Waals surface area contributed by atoms with Crippen LogP contribution in [0.1, 0.15) is 27.6 Å². The van der Waals surface area contributed by atoms with Gasteiger partial charge in [-0.3, -0.25) is 4.79 Å². The van der Waals surface area contributed by atoms with Crippen LogP contribution in [-0.2, 0) is 6.67 Å². The van der Waals surface area contributed by atoms with E-state index < -0.39 is 5.91 Å². The molecule has 1 amide bonds. The highest BCUT2D eigenvalue weighted by Gasteiger charge is 2.10. The molecule has 2 aromatic rings. The number of rotatable bonds is 3. The fraction of sp³-hybridized carbons (Fsp3) is 0.364. The molecule has 2 N–H and O–H groups in total. The lowest BCUT2D eigenvalue weighted by atomic mass is 10.4. The molecule has 0 saturated carbocycles. The fourth-order valence-corrected chi connectivity index (χ4v) is 1.72. The third kappa shape index (κ3) is 2.20. The summed E-state index contributed by atoms with van der Waals surface area (Å²) in [5.41, 5.74) is 8.36. The van der Waals surface area contributed by atoms with Gasteiger partial charge in [-0.05, 0) is 32.9 Å². The maximum Gasteiger partial charge on any atom is 0.269 e. The number of carbonyl (C=O) groups excluding carboxylic acids is 1. The van der Waals surface area contributed by atoms with Gasteiger partial charge >= 0.3 is 0 Å². The van der Waals surface area contributed by atoms with Crippen LogP contribution in [0.2, 0.25) is 0 Å². The summed E-state index contributed by atoms with van der Waals surface area (Å²) in [4.78, 5) is 11.0. The van der Waals surface area contributed by atoms with Crippen LogP contribution < -0.4 is 5.73 Å². The Morgan fingerprint density at radius 2 is 1.76 bits per heavy atom. The Morgan fingerprint density at radius 1 is 1.18 bits per heavy atom. The Bertz CT molecular complexity index is 566. The van der Waals surface area contributed by atoms with Crippen molar-refractivity contribution in [3.05, 3.63) is 34.9 Å². The van der Waals surface area contributed by atoms with Gasteiger partial charge in [-0.25, -0.2) is 9.36 Å². The first kappa shape index (κ1) is 11.4. The maximum absolute atomic E-state index is 11.0. The Balaban J connectivity index is 2.30. The fourth-order valence-electron chi connectivity index (χ4n) is 1.72. The first-order valence-electron chi connectivity index (χ1n) is 5.32. The van der Waals surface area contributed by atoms with Gasteiger partial charge in [0.1, 0.15) is 12.4 Å². The van der Waals surface area contributed by atoms with E-state index in [0.29, 0.717) is 6.67 Å². The second kappa shape index (κ2) is 4.04. The summed E-state index contributed by atoms with van der Waals surface area (Å²) in [5.74, 6) is -0.514. The first-order valence-corrected chi connectivity index (χ1v) is 5.32. The monoisotopic (exact) mass is 233 g/mol. The van der Waals surface area contributed by atoms with E-state index in [-0.39, 0.29) is 5.69 Å². The van der Waals surface area contributed by atoms with E-state index in [4.69, 9.17) is 5.73 Å². The molecule has 0 spiro atoms. The summed E-state index contributed by atoms with van der Waals surface area (Å²) in [7, 11) is 0. The van der Waals surface area contributed by atoms with Gasteiger partial charge in [0.15, 0.2) is 0 Å². The molecule has 0 aliphatic carbocycles. The molecule has 6 nitrogen and oxygen atoms in total. The largest absolute Gasteiger partial charge is 0.364 e. The highest BCUT2D eigenvalue weighted by Crippen LogP contribution is 2.06. The van der Waals surface area contributed by atoms with Crippen LogP contribution in [0.25, 0.3) is 0 Å². The number of amides is 1. The van der Waals surface area contributed by atoms with E-state index in [2.05, 4.69) is 10.2 Å². The summed E-state index contributed by atoms with van der Waals surface area (Å²) < 4.78 is 3.54. The minimum absolute atomic E-state index is 0.282. The number of hydrogen-bond acceptors (Lipinski definition) is 3. The quantitative estimate of drug-likeness (QED) is 0.843. The second-order valence-corrected chi connectivity index (χ2v) is 4.10. The number of nitrogens with zero attached hydrogens (tertiary/aromatic N) is 4. The van der Waals surface area contributed by atoms with Crippen molar-refractivity contribution < 1.29 is 4.79 Å². The summed E-state index contributed by atoms with van der Waals surface area (Å²) in [6.45, 7) is 6.28. The van der Waals surface area contributed by atoms with Crippen LogP contribution in [0.5, 0.6) is 0 Å². The van der Waals surface area contributed by atoms with Crippen molar-refractivity contribution in [1.29, 1.82) is 0 Å². The van der Waals surface area contributed by atoms with Crippen molar-refractivity contribution in [2.75, 3.05) is 0 Å². The molecule has 0 radical (unpaired) electrons. The number of aromatic nitrogens is 4. The highest BCUT2D eigenvalue weighted by atomic mass is 16.1. The van der Waals surface area contributed by atoms with Gasteiger partial charge in [0.2, 0.25) is 0 Å². The summed E-state index contributed by atoms with van der Waals surface area (Å²) in [5, 5.41) is 8.48. The van der Waals surface area contributed by atoms with Crippen molar-refractivity contribution in [3.63, 3.8) is 0 Å². The third-order valence-corrected chi connectivity index (χ3v) is 2.60. The summed E-state index contributed by atoms with van der Waals surface area (Å²) in [6, 6.07) is 3.67. The first-order chi connectivity index (χ1) is 7.97. The van der Waals surface area contributed by atoms with Gasteiger partial charge in [-0.15, -0.1) is 0 Å². The summed E-state index contributed by atoms with van der Waals surface area (Å²) >= 11 is 0. The van der Waals surface area contributed by atoms with Crippen LogP contribution in [0.4, 0.5) is 0 Å². The standard InChI is InChI=1S/C11H15N5O/c1-7-4-8(2)15(13-7)6-16-9(3)5-10(14-16)11(12)17/h4-5H,6H2,1-3H3,(H2,12,17). The van der Waals surface area contributed by atoms with E-state index in [0.717, 1.165) is 17.1 Å². The molecule has 0 aromatic carbocycles. The molecule has 90 valence electrons. The van der Waals surface area contributed by atoms with E-state index in [9.17, 15) is 4.79 Å². The van der Waals surface area contributed by atoms with Gasteiger partial charge in [-0.2, -0.15) is 10.2 Å². The number of nitrogens with two attached hydrogens (primary N) is 1. The topological polar surface area (TPSA) is 78.7 Å². The van der Waals surface area contributed by atoms with E-state index >= 15 is 0 Å². The highest BCUT2D eigenvalue weighted by molar-refractivity contribution is 5.90. The molecule has 0 saturated heterocycles. The molecule has 6 heteroatoms. The molecule has 0 aliphatic rings. The molecule has 2 rings (SSSR count). The van der Waals surface area contributed by atoms with Gasteiger partial charge < -0.3 is 5.73 Å². The summed E-state index contributed by atoms with van der Waals surface area (Å²) in [6.07, 6.45) is 0.